The highest BCUT2D eigenvalue weighted by molar-refractivity contribution is 7.80. The molecule has 0 aromatic carbocycles. The second-order valence-corrected chi connectivity index (χ2v) is 3.94. The lowest BCUT2D eigenvalue weighted by Gasteiger charge is -2.05. The summed E-state index contributed by atoms with van der Waals surface area (Å²) in [6.07, 6.45) is 4.23. The number of ether oxygens (including phenoxy) is 1. The van der Waals surface area contributed by atoms with Gasteiger partial charge in [0.1, 0.15) is 16.4 Å². The number of hydrogen-bond acceptors (Lipinski definition) is 3. The van der Waals surface area contributed by atoms with E-state index in [1.54, 1.807) is 12.3 Å². The van der Waals surface area contributed by atoms with Crippen LogP contribution in [0.4, 0.5) is 0 Å². The highest BCUT2D eigenvalue weighted by Gasteiger charge is 2.21. The van der Waals surface area contributed by atoms with Crippen LogP contribution in [0.1, 0.15) is 18.5 Å². The molecule has 1 aromatic rings. The molecule has 4 heteroatoms. The predicted molar refractivity (Wildman–Crippen MR) is 58.3 cm³/mol. The normalized spacial score (nSPS) is 15.1. The van der Waals surface area contributed by atoms with Gasteiger partial charge in [-0.25, -0.2) is 0 Å². The van der Waals surface area contributed by atoms with Gasteiger partial charge in [0.2, 0.25) is 0 Å². The summed E-state index contributed by atoms with van der Waals surface area (Å²) >= 11 is 4.83. The molecule has 0 radical (unpaired) electrons. The summed E-state index contributed by atoms with van der Waals surface area (Å²) in [5, 5.41) is 0. The van der Waals surface area contributed by atoms with Crippen molar-refractivity contribution in [2.24, 2.45) is 11.7 Å². The summed E-state index contributed by atoms with van der Waals surface area (Å²) in [6, 6.07) is 3.61. The molecular weight excluding hydrogens is 196 g/mol. The molecule has 0 spiro atoms. The number of rotatable bonds is 4. The standard InChI is InChI=1S/C10H12N2OS/c11-10(14)9-5-8(3-4-12-9)13-6-7-1-2-7/h3-5,7H,1-2,6H2,(H2,11,14). The molecule has 74 valence electrons. The molecule has 0 amide bonds. The molecule has 2 N–H and O–H groups in total. The van der Waals surface area contributed by atoms with Crippen molar-refractivity contribution in [1.82, 2.24) is 4.98 Å². The van der Waals surface area contributed by atoms with Crippen molar-refractivity contribution in [3.8, 4) is 5.75 Å². The zero-order chi connectivity index (χ0) is 9.97. The summed E-state index contributed by atoms with van der Waals surface area (Å²) in [7, 11) is 0. The SMILES string of the molecule is NC(=S)c1cc(OCC2CC2)ccn1. The summed E-state index contributed by atoms with van der Waals surface area (Å²) in [5.41, 5.74) is 6.08. The van der Waals surface area contributed by atoms with Crippen LogP contribution in [-0.4, -0.2) is 16.6 Å². The van der Waals surface area contributed by atoms with Crippen LogP contribution in [0.25, 0.3) is 0 Å². The maximum Gasteiger partial charge on any atom is 0.123 e. The van der Waals surface area contributed by atoms with Gasteiger partial charge in [0.15, 0.2) is 0 Å². The monoisotopic (exact) mass is 208 g/mol. The fourth-order valence-electron chi connectivity index (χ4n) is 1.13. The van der Waals surface area contributed by atoms with E-state index >= 15 is 0 Å². The second kappa shape index (κ2) is 3.92. The highest BCUT2D eigenvalue weighted by atomic mass is 32.1. The maximum atomic E-state index is 5.57. The average Bonchev–Trinajstić information content (AvgIpc) is 2.99. The largest absolute Gasteiger partial charge is 0.493 e. The Morgan fingerprint density at radius 3 is 3.07 bits per heavy atom. The smallest absolute Gasteiger partial charge is 0.123 e. The van der Waals surface area contributed by atoms with E-state index in [0.717, 1.165) is 18.3 Å². The van der Waals surface area contributed by atoms with Crippen molar-refractivity contribution in [2.45, 2.75) is 12.8 Å². The van der Waals surface area contributed by atoms with Crippen molar-refractivity contribution in [3.63, 3.8) is 0 Å². The fraction of sp³-hybridized carbons (Fsp3) is 0.400. The highest BCUT2D eigenvalue weighted by Crippen LogP contribution is 2.29. The first kappa shape index (κ1) is 9.40. The van der Waals surface area contributed by atoms with Crippen LogP contribution in [0.5, 0.6) is 5.75 Å². The molecule has 0 atom stereocenters. The molecule has 3 nitrogen and oxygen atoms in total. The Balaban J connectivity index is 2.01. The van der Waals surface area contributed by atoms with E-state index < -0.39 is 0 Å². The van der Waals surface area contributed by atoms with E-state index in [1.807, 2.05) is 6.07 Å². The fourth-order valence-corrected chi connectivity index (χ4v) is 1.25. The third-order valence-electron chi connectivity index (χ3n) is 2.17. The lowest BCUT2D eigenvalue weighted by atomic mass is 10.3. The maximum absolute atomic E-state index is 5.57. The Morgan fingerprint density at radius 2 is 2.43 bits per heavy atom. The Kier molecular flexibility index (Phi) is 2.63. The molecule has 1 fully saturated rings. The first-order valence-electron chi connectivity index (χ1n) is 4.64. The van der Waals surface area contributed by atoms with Gasteiger partial charge >= 0.3 is 0 Å². The molecule has 1 heterocycles. The zero-order valence-corrected chi connectivity index (χ0v) is 8.59. The predicted octanol–water partition coefficient (Wildman–Crippen LogP) is 1.50. The summed E-state index contributed by atoms with van der Waals surface area (Å²) < 4.78 is 5.57. The van der Waals surface area contributed by atoms with Crippen molar-refractivity contribution in [3.05, 3.63) is 24.0 Å². The minimum atomic E-state index is 0.307. The van der Waals surface area contributed by atoms with E-state index in [2.05, 4.69) is 4.98 Å². The van der Waals surface area contributed by atoms with Crippen LogP contribution in [-0.2, 0) is 0 Å². The van der Waals surface area contributed by atoms with Gasteiger partial charge in [-0.1, -0.05) is 12.2 Å². The Morgan fingerprint density at radius 1 is 1.64 bits per heavy atom. The number of nitrogens with two attached hydrogens (primary N) is 1. The number of thiocarbonyl (C=S) groups is 1. The third-order valence-corrected chi connectivity index (χ3v) is 2.38. The number of pyridine rings is 1. The first-order chi connectivity index (χ1) is 6.75. The van der Waals surface area contributed by atoms with E-state index in [-0.39, 0.29) is 0 Å². The number of hydrogen-bond donors (Lipinski definition) is 1. The van der Waals surface area contributed by atoms with E-state index in [9.17, 15) is 0 Å². The van der Waals surface area contributed by atoms with Gasteiger partial charge in [-0.3, -0.25) is 4.98 Å². The quantitative estimate of drug-likeness (QED) is 0.762. The number of aromatic nitrogens is 1. The molecule has 2 rings (SSSR count). The van der Waals surface area contributed by atoms with Crippen LogP contribution in [0.2, 0.25) is 0 Å². The third kappa shape index (κ3) is 2.42. The molecule has 1 saturated carbocycles. The summed E-state index contributed by atoms with van der Waals surface area (Å²) in [6.45, 7) is 0.792. The van der Waals surface area contributed by atoms with Gasteiger partial charge in [-0.05, 0) is 24.8 Å². The van der Waals surface area contributed by atoms with Gasteiger partial charge in [-0.2, -0.15) is 0 Å². The molecule has 1 aliphatic carbocycles. The van der Waals surface area contributed by atoms with E-state index in [0.29, 0.717) is 10.7 Å². The Bertz CT molecular complexity index is 350. The molecular formula is C10H12N2OS. The van der Waals surface area contributed by atoms with Crippen molar-refractivity contribution in [2.75, 3.05) is 6.61 Å². The van der Waals surface area contributed by atoms with Gasteiger partial charge < -0.3 is 10.5 Å². The Labute approximate surface area is 88.3 Å². The summed E-state index contributed by atoms with van der Waals surface area (Å²) in [4.78, 5) is 4.34. The number of nitrogens with zero attached hydrogens (tertiary/aromatic N) is 1. The van der Waals surface area contributed by atoms with Crippen molar-refractivity contribution < 1.29 is 4.74 Å². The second-order valence-electron chi connectivity index (χ2n) is 3.50. The van der Waals surface area contributed by atoms with Crippen LogP contribution in [0, 0.1) is 5.92 Å². The van der Waals surface area contributed by atoms with Gasteiger partial charge in [0.05, 0.1) is 6.61 Å². The minimum absolute atomic E-state index is 0.307. The average molecular weight is 208 g/mol. The molecule has 14 heavy (non-hydrogen) atoms. The van der Waals surface area contributed by atoms with Gasteiger partial charge in [-0.15, -0.1) is 0 Å². The van der Waals surface area contributed by atoms with Gasteiger partial charge in [0, 0.05) is 12.3 Å². The Hall–Kier alpha value is -1.16. The van der Waals surface area contributed by atoms with Gasteiger partial charge in [0.25, 0.3) is 0 Å². The van der Waals surface area contributed by atoms with E-state index in [1.165, 1.54) is 12.8 Å². The van der Waals surface area contributed by atoms with E-state index in [4.69, 9.17) is 22.7 Å². The van der Waals surface area contributed by atoms with Crippen molar-refractivity contribution >= 4 is 17.2 Å². The molecule has 1 aromatic heterocycles. The first-order valence-corrected chi connectivity index (χ1v) is 5.05. The minimum Gasteiger partial charge on any atom is -0.493 e. The molecule has 1 aliphatic rings. The molecule has 0 bridgehead atoms. The molecule has 0 aliphatic heterocycles. The van der Waals surface area contributed by atoms with Crippen LogP contribution in [0.15, 0.2) is 18.3 Å². The van der Waals surface area contributed by atoms with Crippen LogP contribution < -0.4 is 10.5 Å². The van der Waals surface area contributed by atoms with Crippen LogP contribution in [0.3, 0.4) is 0 Å². The van der Waals surface area contributed by atoms with Crippen molar-refractivity contribution in [1.29, 1.82) is 0 Å². The van der Waals surface area contributed by atoms with Crippen LogP contribution >= 0.6 is 12.2 Å². The summed E-state index contributed by atoms with van der Waals surface area (Å²) in [5.74, 6) is 1.55. The lowest BCUT2D eigenvalue weighted by molar-refractivity contribution is 0.299. The molecule has 0 saturated heterocycles. The molecule has 0 unspecified atom stereocenters. The topological polar surface area (TPSA) is 48.1 Å². The lowest BCUT2D eigenvalue weighted by Crippen LogP contribution is -2.11. The zero-order valence-electron chi connectivity index (χ0n) is 7.77.